The Morgan fingerprint density at radius 3 is 3.07 bits per heavy atom. The van der Waals surface area contributed by atoms with Gasteiger partial charge in [-0.3, -0.25) is 9.69 Å². The summed E-state index contributed by atoms with van der Waals surface area (Å²) in [6.45, 7) is 3.07. The number of piperazine rings is 1. The number of ether oxygens (including phenoxy) is 1. The van der Waals surface area contributed by atoms with E-state index in [9.17, 15) is 9.59 Å². The van der Waals surface area contributed by atoms with Gasteiger partial charge in [0.05, 0.1) is 6.61 Å². The highest BCUT2D eigenvalue weighted by Crippen LogP contribution is 2.05. The van der Waals surface area contributed by atoms with E-state index in [0.717, 1.165) is 4.90 Å². The Morgan fingerprint density at radius 2 is 2.50 bits per heavy atom. The van der Waals surface area contributed by atoms with Gasteiger partial charge in [0, 0.05) is 19.7 Å². The van der Waals surface area contributed by atoms with E-state index in [1.54, 1.807) is 6.92 Å². The Balaban J connectivity index is 2.61. The molecule has 0 aromatic carbocycles. The molecule has 80 valence electrons. The smallest absolute Gasteiger partial charge is 0.408 e. The fraction of sp³-hybridized carbons (Fsp3) is 0.750. The molecule has 1 rings (SSSR count). The summed E-state index contributed by atoms with van der Waals surface area (Å²) in [6.07, 6.45) is -1.08. The van der Waals surface area contributed by atoms with Crippen molar-refractivity contribution in [2.45, 2.75) is 13.0 Å². The van der Waals surface area contributed by atoms with E-state index in [2.05, 4.69) is 5.32 Å². The highest BCUT2D eigenvalue weighted by atomic mass is 16.5. The third-order valence-corrected chi connectivity index (χ3v) is 2.06. The zero-order chi connectivity index (χ0) is 10.6. The average molecular weight is 202 g/mol. The molecule has 1 unspecified atom stereocenters. The summed E-state index contributed by atoms with van der Waals surface area (Å²) in [5.41, 5.74) is 0. The number of nitrogens with one attached hydrogen (secondary N) is 1. The van der Waals surface area contributed by atoms with Gasteiger partial charge in [-0.05, 0) is 6.92 Å². The van der Waals surface area contributed by atoms with Crippen LogP contribution < -0.4 is 5.32 Å². The van der Waals surface area contributed by atoms with Gasteiger partial charge in [-0.25, -0.2) is 4.79 Å². The second kappa shape index (κ2) is 4.80. The van der Waals surface area contributed by atoms with E-state index >= 15 is 0 Å². The minimum absolute atomic E-state index is 0.120. The summed E-state index contributed by atoms with van der Waals surface area (Å²) < 4.78 is 5.06. The normalized spacial score (nSPS) is 21.9. The Hall–Kier alpha value is -1.30. The molecule has 0 radical (unpaired) electrons. The predicted molar refractivity (Wildman–Crippen MR) is 48.0 cm³/mol. The summed E-state index contributed by atoms with van der Waals surface area (Å²) in [7, 11) is 0. The standard InChI is InChI=1S/C8H14N2O4/c1-2-14-5-6-7(11)9-3-4-10(6)8(12)13/h6H,2-5H2,1H3,(H,9,11)(H,12,13). The van der Waals surface area contributed by atoms with Crippen molar-refractivity contribution in [1.29, 1.82) is 0 Å². The molecule has 14 heavy (non-hydrogen) atoms. The maximum Gasteiger partial charge on any atom is 0.408 e. The molecule has 0 aromatic heterocycles. The van der Waals surface area contributed by atoms with Gasteiger partial charge >= 0.3 is 6.09 Å². The third kappa shape index (κ3) is 2.35. The van der Waals surface area contributed by atoms with Gasteiger partial charge in [0.15, 0.2) is 0 Å². The number of hydrogen-bond donors (Lipinski definition) is 2. The van der Waals surface area contributed by atoms with Crippen molar-refractivity contribution in [3.05, 3.63) is 0 Å². The van der Waals surface area contributed by atoms with E-state index in [4.69, 9.17) is 9.84 Å². The molecule has 1 saturated heterocycles. The first kappa shape index (κ1) is 10.8. The van der Waals surface area contributed by atoms with Gasteiger partial charge in [-0.1, -0.05) is 0 Å². The van der Waals surface area contributed by atoms with Crippen LogP contribution in [0.5, 0.6) is 0 Å². The third-order valence-electron chi connectivity index (χ3n) is 2.06. The Morgan fingerprint density at radius 1 is 1.79 bits per heavy atom. The summed E-state index contributed by atoms with van der Waals surface area (Å²) in [6, 6.07) is -0.707. The Labute approximate surface area is 81.8 Å². The first-order valence-corrected chi connectivity index (χ1v) is 4.51. The zero-order valence-electron chi connectivity index (χ0n) is 8.02. The molecule has 1 aliphatic heterocycles. The first-order chi connectivity index (χ1) is 6.66. The second-order valence-corrected chi connectivity index (χ2v) is 2.94. The van der Waals surface area contributed by atoms with Gasteiger partial charge < -0.3 is 15.2 Å². The van der Waals surface area contributed by atoms with Crippen LogP contribution in [0.15, 0.2) is 0 Å². The molecular formula is C8H14N2O4. The first-order valence-electron chi connectivity index (χ1n) is 4.51. The van der Waals surface area contributed by atoms with Crippen molar-refractivity contribution >= 4 is 12.0 Å². The van der Waals surface area contributed by atoms with Gasteiger partial charge in [0.1, 0.15) is 6.04 Å². The van der Waals surface area contributed by atoms with Crippen LogP contribution in [-0.4, -0.2) is 54.4 Å². The topological polar surface area (TPSA) is 78.9 Å². The Bertz CT molecular complexity index is 231. The molecule has 2 N–H and O–H groups in total. The lowest BCUT2D eigenvalue weighted by atomic mass is 10.2. The molecular weight excluding hydrogens is 188 g/mol. The molecule has 1 atom stereocenters. The number of carboxylic acid groups (broad SMARTS) is 1. The minimum atomic E-state index is -1.08. The molecule has 6 nitrogen and oxygen atoms in total. The molecule has 1 heterocycles. The highest BCUT2D eigenvalue weighted by molar-refractivity contribution is 5.86. The number of hydrogen-bond acceptors (Lipinski definition) is 3. The van der Waals surface area contributed by atoms with Crippen LogP contribution in [0.1, 0.15) is 6.92 Å². The predicted octanol–water partition coefficient (Wildman–Crippen LogP) is -0.499. The number of rotatable bonds is 3. The molecule has 6 heteroatoms. The minimum Gasteiger partial charge on any atom is -0.465 e. The molecule has 0 aromatic rings. The van der Waals surface area contributed by atoms with Gasteiger partial charge in [-0.15, -0.1) is 0 Å². The molecule has 1 fully saturated rings. The lowest BCUT2D eigenvalue weighted by Gasteiger charge is -2.32. The highest BCUT2D eigenvalue weighted by Gasteiger charge is 2.32. The zero-order valence-corrected chi connectivity index (χ0v) is 8.02. The van der Waals surface area contributed by atoms with Gasteiger partial charge in [-0.2, -0.15) is 0 Å². The van der Waals surface area contributed by atoms with Crippen LogP contribution in [0.2, 0.25) is 0 Å². The molecule has 0 aliphatic carbocycles. The largest absolute Gasteiger partial charge is 0.465 e. The molecule has 0 spiro atoms. The van der Waals surface area contributed by atoms with Crippen molar-refractivity contribution < 1.29 is 19.4 Å². The molecule has 2 amide bonds. The van der Waals surface area contributed by atoms with E-state index in [-0.39, 0.29) is 12.5 Å². The summed E-state index contributed by atoms with van der Waals surface area (Å²) in [5, 5.41) is 11.4. The van der Waals surface area contributed by atoms with Crippen molar-refractivity contribution in [1.82, 2.24) is 10.2 Å². The number of nitrogens with zero attached hydrogens (tertiary/aromatic N) is 1. The summed E-state index contributed by atoms with van der Waals surface area (Å²) in [4.78, 5) is 23.2. The summed E-state index contributed by atoms with van der Waals surface area (Å²) in [5.74, 6) is -0.285. The van der Waals surface area contributed by atoms with E-state index in [0.29, 0.717) is 19.7 Å². The molecule has 0 saturated carbocycles. The fourth-order valence-corrected chi connectivity index (χ4v) is 1.34. The average Bonchev–Trinajstić information content (AvgIpc) is 2.15. The lowest BCUT2D eigenvalue weighted by molar-refractivity contribution is -0.130. The van der Waals surface area contributed by atoms with E-state index in [1.165, 1.54) is 0 Å². The fourth-order valence-electron chi connectivity index (χ4n) is 1.34. The molecule has 0 bridgehead atoms. The number of amides is 2. The lowest BCUT2D eigenvalue weighted by Crippen LogP contribution is -2.58. The van der Waals surface area contributed by atoms with Crippen LogP contribution in [0, 0.1) is 0 Å². The van der Waals surface area contributed by atoms with Crippen LogP contribution in [0.25, 0.3) is 0 Å². The van der Waals surface area contributed by atoms with Crippen LogP contribution in [0.3, 0.4) is 0 Å². The second-order valence-electron chi connectivity index (χ2n) is 2.94. The monoisotopic (exact) mass is 202 g/mol. The van der Waals surface area contributed by atoms with E-state index in [1.807, 2.05) is 0 Å². The van der Waals surface area contributed by atoms with Crippen LogP contribution in [-0.2, 0) is 9.53 Å². The SMILES string of the molecule is CCOCC1C(=O)NCCN1C(=O)O. The van der Waals surface area contributed by atoms with Gasteiger partial charge in [0.25, 0.3) is 0 Å². The maximum absolute atomic E-state index is 11.3. The Kier molecular flexibility index (Phi) is 3.70. The van der Waals surface area contributed by atoms with E-state index < -0.39 is 12.1 Å². The molecule has 1 aliphatic rings. The quantitative estimate of drug-likeness (QED) is 0.646. The maximum atomic E-state index is 11.3. The van der Waals surface area contributed by atoms with Crippen LogP contribution >= 0.6 is 0 Å². The summed E-state index contributed by atoms with van der Waals surface area (Å²) >= 11 is 0. The van der Waals surface area contributed by atoms with Crippen molar-refractivity contribution in [2.24, 2.45) is 0 Å². The number of carbonyl (C=O) groups is 2. The van der Waals surface area contributed by atoms with Crippen molar-refractivity contribution in [3.63, 3.8) is 0 Å². The van der Waals surface area contributed by atoms with Crippen molar-refractivity contribution in [3.8, 4) is 0 Å². The van der Waals surface area contributed by atoms with Gasteiger partial charge in [0.2, 0.25) is 5.91 Å². The number of carbonyl (C=O) groups excluding carboxylic acids is 1. The van der Waals surface area contributed by atoms with Crippen LogP contribution in [0.4, 0.5) is 4.79 Å². The van der Waals surface area contributed by atoms with Crippen molar-refractivity contribution in [2.75, 3.05) is 26.3 Å².